The van der Waals surface area contributed by atoms with E-state index >= 15 is 0 Å². The summed E-state index contributed by atoms with van der Waals surface area (Å²) in [5, 5.41) is 8.21. The number of carbonyl (C=O) groups excluding carboxylic acids is 1. The van der Waals surface area contributed by atoms with Gasteiger partial charge < -0.3 is 9.32 Å². The Kier molecular flexibility index (Phi) is 5.00. The Balaban J connectivity index is 1.42. The molecule has 2 saturated heterocycles. The molecule has 144 valence electrons. The standard InChI is InChI=1S/C21H28N4O2/c1-3-18-22-23-19(27-18)14-25-11-9-21(10-12-25)13-17(20(26)24(2)15-21)16-7-5-4-6-8-16/h4-8,17H,3,9-15H2,1-2H3/t17-/m0/s1. The number of hydrogen-bond acceptors (Lipinski definition) is 5. The van der Waals surface area contributed by atoms with Crippen LogP contribution in [0.2, 0.25) is 0 Å². The number of benzene rings is 1. The second kappa shape index (κ2) is 7.43. The maximum atomic E-state index is 12.8. The minimum Gasteiger partial charge on any atom is -0.424 e. The largest absolute Gasteiger partial charge is 0.424 e. The average molecular weight is 368 g/mol. The van der Waals surface area contributed by atoms with Gasteiger partial charge in [0.2, 0.25) is 17.7 Å². The van der Waals surface area contributed by atoms with Gasteiger partial charge in [0.15, 0.2) is 0 Å². The van der Waals surface area contributed by atoms with E-state index in [1.165, 1.54) is 0 Å². The number of amides is 1. The third-order valence-electron chi connectivity index (χ3n) is 6.17. The van der Waals surface area contributed by atoms with Crippen LogP contribution in [0.3, 0.4) is 0 Å². The second-order valence-electron chi connectivity index (χ2n) is 8.08. The second-order valence-corrected chi connectivity index (χ2v) is 8.08. The van der Waals surface area contributed by atoms with Crippen LogP contribution in [0.4, 0.5) is 0 Å². The van der Waals surface area contributed by atoms with Crippen molar-refractivity contribution in [3.8, 4) is 0 Å². The van der Waals surface area contributed by atoms with Crippen LogP contribution >= 0.6 is 0 Å². The molecule has 1 atom stereocenters. The molecule has 6 heteroatoms. The van der Waals surface area contributed by atoms with E-state index in [0.29, 0.717) is 11.8 Å². The molecule has 3 heterocycles. The number of hydrogen-bond donors (Lipinski definition) is 0. The zero-order chi connectivity index (χ0) is 18.9. The average Bonchev–Trinajstić information content (AvgIpc) is 3.15. The highest BCUT2D eigenvalue weighted by Gasteiger charge is 2.45. The van der Waals surface area contributed by atoms with Gasteiger partial charge in [-0.05, 0) is 43.3 Å². The summed E-state index contributed by atoms with van der Waals surface area (Å²) in [5.74, 6) is 1.66. The summed E-state index contributed by atoms with van der Waals surface area (Å²) in [7, 11) is 1.95. The maximum Gasteiger partial charge on any atom is 0.230 e. The third-order valence-corrected chi connectivity index (χ3v) is 6.17. The molecule has 2 fully saturated rings. The number of carbonyl (C=O) groups is 1. The highest BCUT2D eigenvalue weighted by atomic mass is 16.4. The quantitative estimate of drug-likeness (QED) is 0.830. The molecule has 0 N–H and O–H groups in total. The van der Waals surface area contributed by atoms with Crippen molar-refractivity contribution in [3.63, 3.8) is 0 Å². The number of nitrogens with zero attached hydrogens (tertiary/aromatic N) is 4. The molecule has 1 aromatic carbocycles. The van der Waals surface area contributed by atoms with E-state index in [0.717, 1.165) is 57.4 Å². The van der Waals surface area contributed by atoms with E-state index in [4.69, 9.17) is 4.42 Å². The van der Waals surface area contributed by atoms with E-state index in [9.17, 15) is 4.79 Å². The van der Waals surface area contributed by atoms with Crippen LogP contribution in [0.5, 0.6) is 0 Å². The molecule has 2 aliphatic heterocycles. The van der Waals surface area contributed by atoms with Crippen LogP contribution in [0, 0.1) is 5.41 Å². The predicted octanol–water partition coefficient (Wildman–Crippen LogP) is 2.86. The van der Waals surface area contributed by atoms with Crippen LogP contribution < -0.4 is 0 Å². The Morgan fingerprint density at radius 2 is 1.85 bits per heavy atom. The Bertz CT molecular complexity index is 780. The zero-order valence-corrected chi connectivity index (χ0v) is 16.2. The predicted molar refractivity (Wildman–Crippen MR) is 102 cm³/mol. The molecule has 0 unspecified atom stereocenters. The van der Waals surface area contributed by atoms with Crippen molar-refractivity contribution in [2.45, 2.75) is 45.1 Å². The highest BCUT2D eigenvalue weighted by molar-refractivity contribution is 5.84. The Hall–Kier alpha value is -2.21. The van der Waals surface area contributed by atoms with Crippen molar-refractivity contribution in [1.82, 2.24) is 20.0 Å². The Morgan fingerprint density at radius 1 is 1.15 bits per heavy atom. The SMILES string of the molecule is CCc1nnc(CN2CCC3(CC2)C[C@@H](c2ccccc2)C(=O)N(C)C3)o1. The highest BCUT2D eigenvalue weighted by Crippen LogP contribution is 2.45. The molecule has 1 spiro atoms. The minimum absolute atomic E-state index is 0.0143. The first-order chi connectivity index (χ1) is 13.1. The monoisotopic (exact) mass is 368 g/mol. The first kappa shape index (κ1) is 18.2. The lowest BCUT2D eigenvalue weighted by atomic mass is 9.68. The molecule has 0 bridgehead atoms. The summed E-state index contributed by atoms with van der Waals surface area (Å²) in [4.78, 5) is 17.1. The van der Waals surface area contributed by atoms with Crippen molar-refractivity contribution in [3.05, 3.63) is 47.7 Å². The molecular formula is C21H28N4O2. The lowest BCUT2D eigenvalue weighted by molar-refractivity contribution is -0.139. The minimum atomic E-state index is -0.0143. The molecule has 0 radical (unpaired) electrons. The fourth-order valence-electron chi connectivity index (χ4n) is 4.61. The molecule has 1 aromatic heterocycles. The Morgan fingerprint density at radius 3 is 2.52 bits per heavy atom. The first-order valence-electron chi connectivity index (χ1n) is 9.92. The summed E-state index contributed by atoms with van der Waals surface area (Å²) in [5.41, 5.74) is 1.36. The molecular weight excluding hydrogens is 340 g/mol. The van der Waals surface area contributed by atoms with Crippen molar-refractivity contribution in [2.24, 2.45) is 5.41 Å². The van der Waals surface area contributed by atoms with Gasteiger partial charge in [-0.2, -0.15) is 0 Å². The number of rotatable bonds is 4. The van der Waals surface area contributed by atoms with Gasteiger partial charge in [-0.3, -0.25) is 9.69 Å². The van der Waals surface area contributed by atoms with Crippen LogP contribution in [-0.4, -0.2) is 52.6 Å². The van der Waals surface area contributed by atoms with Crippen molar-refractivity contribution < 1.29 is 9.21 Å². The van der Waals surface area contributed by atoms with Crippen LogP contribution in [0.1, 0.15) is 49.4 Å². The number of aryl methyl sites for hydroxylation is 1. The number of piperidine rings is 2. The third kappa shape index (κ3) is 3.76. The molecule has 2 aliphatic rings. The van der Waals surface area contributed by atoms with Gasteiger partial charge in [0.25, 0.3) is 0 Å². The Labute approximate surface area is 160 Å². The molecule has 6 nitrogen and oxygen atoms in total. The maximum absolute atomic E-state index is 12.8. The molecule has 0 saturated carbocycles. The van der Waals surface area contributed by atoms with Gasteiger partial charge in [-0.1, -0.05) is 37.3 Å². The molecule has 27 heavy (non-hydrogen) atoms. The summed E-state index contributed by atoms with van der Waals surface area (Å²) >= 11 is 0. The van der Waals surface area contributed by atoms with Gasteiger partial charge in [0, 0.05) is 20.0 Å². The van der Waals surface area contributed by atoms with Crippen LogP contribution in [-0.2, 0) is 17.8 Å². The van der Waals surface area contributed by atoms with E-state index in [1.807, 2.05) is 37.1 Å². The zero-order valence-electron chi connectivity index (χ0n) is 16.2. The van der Waals surface area contributed by atoms with Crippen molar-refractivity contribution in [1.29, 1.82) is 0 Å². The summed E-state index contributed by atoms with van der Waals surface area (Å²) in [6, 6.07) is 10.2. The summed E-state index contributed by atoms with van der Waals surface area (Å²) in [6.07, 6.45) is 3.93. The molecule has 2 aromatic rings. The fourth-order valence-corrected chi connectivity index (χ4v) is 4.61. The molecule has 4 rings (SSSR count). The summed E-state index contributed by atoms with van der Waals surface area (Å²) in [6.45, 7) is 5.62. The van der Waals surface area contributed by atoms with Gasteiger partial charge >= 0.3 is 0 Å². The van der Waals surface area contributed by atoms with E-state index in [2.05, 4.69) is 27.2 Å². The van der Waals surface area contributed by atoms with Gasteiger partial charge in [-0.25, -0.2) is 0 Å². The number of likely N-dealkylation sites (tertiary alicyclic amines) is 2. The van der Waals surface area contributed by atoms with Gasteiger partial charge in [0.05, 0.1) is 12.5 Å². The summed E-state index contributed by atoms with van der Waals surface area (Å²) < 4.78 is 5.66. The molecule has 0 aliphatic carbocycles. The normalized spacial score (nSPS) is 23.1. The van der Waals surface area contributed by atoms with Gasteiger partial charge in [0.1, 0.15) is 0 Å². The van der Waals surface area contributed by atoms with E-state index < -0.39 is 0 Å². The van der Waals surface area contributed by atoms with Gasteiger partial charge in [-0.15, -0.1) is 10.2 Å². The van der Waals surface area contributed by atoms with Crippen molar-refractivity contribution in [2.75, 3.05) is 26.7 Å². The van der Waals surface area contributed by atoms with Crippen LogP contribution in [0.15, 0.2) is 34.7 Å². The fraction of sp³-hybridized carbons (Fsp3) is 0.571. The number of likely N-dealkylation sites (N-methyl/N-ethyl adjacent to an activating group) is 1. The van der Waals surface area contributed by atoms with E-state index in [1.54, 1.807) is 0 Å². The lowest BCUT2D eigenvalue weighted by Crippen LogP contribution is -2.52. The molecule has 1 amide bonds. The van der Waals surface area contributed by atoms with Crippen molar-refractivity contribution >= 4 is 5.91 Å². The number of aromatic nitrogens is 2. The lowest BCUT2D eigenvalue weighted by Gasteiger charge is -2.49. The smallest absolute Gasteiger partial charge is 0.230 e. The first-order valence-corrected chi connectivity index (χ1v) is 9.92. The topological polar surface area (TPSA) is 62.5 Å². The van der Waals surface area contributed by atoms with Crippen LogP contribution in [0.25, 0.3) is 0 Å². The van der Waals surface area contributed by atoms with E-state index in [-0.39, 0.29) is 17.2 Å².